The number of carbonyl (C=O) groups is 3. The van der Waals surface area contributed by atoms with Crippen molar-refractivity contribution >= 4 is 46.5 Å². The molecule has 1 fully saturated rings. The van der Waals surface area contributed by atoms with Crippen molar-refractivity contribution < 1.29 is 14.4 Å². The van der Waals surface area contributed by atoms with Gasteiger partial charge in [-0.15, -0.1) is 11.3 Å². The molecular formula is C18H16ClN3O3S. The van der Waals surface area contributed by atoms with Crippen molar-refractivity contribution in [1.29, 1.82) is 0 Å². The number of hydrogen-bond acceptors (Lipinski definition) is 4. The predicted octanol–water partition coefficient (Wildman–Crippen LogP) is 3.12. The summed E-state index contributed by atoms with van der Waals surface area (Å²) in [7, 11) is 0. The molecule has 0 bridgehead atoms. The van der Waals surface area contributed by atoms with E-state index in [9.17, 15) is 14.4 Å². The van der Waals surface area contributed by atoms with Gasteiger partial charge in [-0.05, 0) is 48.9 Å². The van der Waals surface area contributed by atoms with E-state index in [1.807, 2.05) is 11.4 Å². The van der Waals surface area contributed by atoms with Gasteiger partial charge in [-0.2, -0.15) is 0 Å². The molecule has 1 aliphatic heterocycles. The molecule has 0 unspecified atom stereocenters. The van der Waals surface area contributed by atoms with Crippen LogP contribution in [0.3, 0.4) is 0 Å². The number of nitrogens with one attached hydrogen (secondary N) is 2. The normalized spacial score (nSPS) is 21.7. The van der Waals surface area contributed by atoms with Crippen molar-refractivity contribution in [2.75, 3.05) is 11.9 Å². The Morgan fingerprint density at radius 3 is 3.00 bits per heavy atom. The molecule has 0 saturated carbocycles. The van der Waals surface area contributed by atoms with Crippen LogP contribution in [-0.4, -0.2) is 29.3 Å². The molecule has 1 aliphatic carbocycles. The first-order valence-corrected chi connectivity index (χ1v) is 9.52. The zero-order valence-corrected chi connectivity index (χ0v) is 15.3. The van der Waals surface area contributed by atoms with Crippen molar-refractivity contribution in [2.24, 2.45) is 0 Å². The molecule has 4 amide bonds. The van der Waals surface area contributed by atoms with Crippen LogP contribution in [0.25, 0.3) is 0 Å². The second-order valence-corrected chi connectivity index (χ2v) is 7.83. The van der Waals surface area contributed by atoms with Gasteiger partial charge in [-0.25, -0.2) is 4.79 Å². The van der Waals surface area contributed by atoms with E-state index < -0.39 is 17.5 Å². The van der Waals surface area contributed by atoms with E-state index in [1.165, 1.54) is 0 Å². The number of amides is 4. The number of aryl methyl sites for hydroxylation is 1. The topological polar surface area (TPSA) is 78.5 Å². The third-order valence-corrected chi connectivity index (χ3v) is 5.96. The third-order valence-electron chi connectivity index (χ3n) is 4.75. The Morgan fingerprint density at radius 2 is 2.19 bits per heavy atom. The molecule has 1 atom stereocenters. The lowest BCUT2D eigenvalue weighted by molar-refractivity contribution is -0.134. The Hall–Kier alpha value is -2.38. The van der Waals surface area contributed by atoms with Crippen LogP contribution in [0.5, 0.6) is 0 Å². The second kappa shape index (κ2) is 6.41. The number of benzene rings is 1. The number of halogens is 1. The lowest BCUT2D eigenvalue weighted by atomic mass is 9.80. The van der Waals surface area contributed by atoms with Gasteiger partial charge in [0.25, 0.3) is 5.91 Å². The predicted molar refractivity (Wildman–Crippen MR) is 99.3 cm³/mol. The van der Waals surface area contributed by atoms with Gasteiger partial charge in [0.1, 0.15) is 12.1 Å². The van der Waals surface area contributed by atoms with E-state index in [4.69, 9.17) is 11.6 Å². The van der Waals surface area contributed by atoms with Crippen molar-refractivity contribution in [3.05, 3.63) is 51.2 Å². The maximum Gasteiger partial charge on any atom is 0.325 e. The molecule has 26 heavy (non-hydrogen) atoms. The Kier molecular flexibility index (Phi) is 4.20. The number of carbonyl (C=O) groups excluding carboxylic acids is 3. The van der Waals surface area contributed by atoms with Crippen LogP contribution in [0.2, 0.25) is 5.02 Å². The number of imide groups is 1. The maximum atomic E-state index is 13.0. The van der Waals surface area contributed by atoms with Crippen molar-refractivity contribution in [2.45, 2.75) is 24.8 Å². The number of rotatable bonds is 3. The fourth-order valence-electron chi connectivity index (χ4n) is 3.60. The van der Waals surface area contributed by atoms with Gasteiger partial charge in [0.05, 0.1) is 0 Å². The zero-order chi connectivity index (χ0) is 18.3. The van der Waals surface area contributed by atoms with Gasteiger partial charge in [-0.1, -0.05) is 17.7 Å². The Bertz CT molecular complexity index is 913. The minimum Gasteiger partial charge on any atom is -0.324 e. The van der Waals surface area contributed by atoms with Gasteiger partial charge in [0.15, 0.2) is 0 Å². The van der Waals surface area contributed by atoms with Gasteiger partial charge in [0.2, 0.25) is 5.91 Å². The number of nitrogens with zero attached hydrogens (tertiary/aromatic N) is 1. The summed E-state index contributed by atoms with van der Waals surface area (Å²) in [5, 5.41) is 7.92. The number of fused-ring (bicyclic) bond motifs is 2. The first-order chi connectivity index (χ1) is 12.5. The van der Waals surface area contributed by atoms with E-state index in [-0.39, 0.29) is 12.5 Å². The molecular weight excluding hydrogens is 374 g/mol. The Morgan fingerprint density at radius 1 is 1.35 bits per heavy atom. The van der Waals surface area contributed by atoms with Crippen LogP contribution in [0.1, 0.15) is 23.3 Å². The Labute approximate surface area is 159 Å². The molecule has 1 aromatic carbocycles. The van der Waals surface area contributed by atoms with E-state index in [0.29, 0.717) is 17.1 Å². The highest BCUT2D eigenvalue weighted by Gasteiger charge is 2.54. The van der Waals surface area contributed by atoms with E-state index in [1.54, 1.807) is 35.6 Å². The summed E-state index contributed by atoms with van der Waals surface area (Å²) in [6.07, 6.45) is 2.28. The second-order valence-electron chi connectivity index (χ2n) is 6.40. The van der Waals surface area contributed by atoms with Crippen LogP contribution in [0.15, 0.2) is 35.7 Å². The molecule has 1 aromatic heterocycles. The Balaban J connectivity index is 1.53. The molecule has 0 radical (unpaired) electrons. The van der Waals surface area contributed by atoms with E-state index in [0.717, 1.165) is 28.2 Å². The van der Waals surface area contributed by atoms with E-state index in [2.05, 4.69) is 10.6 Å². The average Bonchev–Trinajstić information content (AvgIpc) is 3.16. The SMILES string of the molecule is O=C(CN1C(=O)N[C@]2(CCCc3sccc32)C1=O)Nc1cccc(Cl)c1. The monoisotopic (exact) mass is 389 g/mol. The summed E-state index contributed by atoms with van der Waals surface area (Å²) in [4.78, 5) is 39.9. The van der Waals surface area contributed by atoms with Crippen LogP contribution >= 0.6 is 22.9 Å². The molecule has 134 valence electrons. The third kappa shape index (κ3) is 2.77. The minimum atomic E-state index is -1.03. The summed E-state index contributed by atoms with van der Waals surface area (Å²) < 4.78 is 0. The molecule has 1 spiro atoms. The average molecular weight is 390 g/mol. The van der Waals surface area contributed by atoms with Crippen molar-refractivity contribution in [3.8, 4) is 0 Å². The minimum absolute atomic E-state index is 0.335. The van der Waals surface area contributed by atoms with Gasteiger partial charge in [-0.3, -0.25) is 14.5 Å². The van der Waals surface area contributed by atoms with Crippen molar-refractivity contribution in [3.63, 3.8) is 0 Å². The molecule has 2 heterocycles. The number of thiophene rings is 1. The molecule has 2 aliphatic rings. The van der Waals surface area contributed by atoms with Gasteiger partial charge < -0.3 is 10.6 Å². The fourth-order valence-corrected chi connectivity index (χ4v) is 4.79. The molecule has 2 aromatic rings. The molecule has 8 heteroatoms. The van der Waals surface area contributed by atoms with Crippen LogP contribution in [-0.2, 0) is 21.5 Å². The first-order valence-electron chi connectivity index (χ1n) is 8.26. The van der Waals surface area contributed by atoms with Crippen LogP contribution in [0.4, 0.5) is 10.5 Å². The summed E-state index contributed by atoms with van der Waals surface area (Å²) in [5.74, 6) is -0.808. The smallest absolute Gasteiger partial charge is 0.324 e. The van der Waals surface area contributed by atoms with Crippen LogP contribution in [0, 0.1) is 0 Å². The fraction of sp³-hybridized carbons (Fsp3) is 0.278. The number of urea groups is 1. The summed E-state index contributed by atoms with van der Waals surface area (Å²) >= 11 is 7.49. The molecule has 1 saturated heterocycles. The van der Waals surface area contributed by atoms with Crippen molar-refractivity contribution in [1.82, 2.24) is 10.2 Å². The molecule has 6 nitrogen and oxygen atoms in total. The summed E-state index contributed by atoms with van der Waals surface area (Å²) in [6.45, 7) is -0.335. The lowest BCUT2D eigenvalue weighted by Gasteiger charge is -2.31. The first kappa shape index (κ1) is 17.1. The highest BCUT2D eigenvalue weighted by Crippen LogP contribution is 2.42. The van der Waals surface area contributed by atoms with Gasteiger partial charge in [0, 0.05) is 21.2 Å². The summed E-state index contributed by atoms with van der Waals surface area (Å²) in [6, 6.07) is 8.06. The maximum absolute atomic E-state index is 13.0. The van der Waals surface area contributed by atoms with Gasteiger partial charge >= 0.3 is 6.03 Å². The number of anilines is 1. The quantitative estimate of drug-likeness (QED) is 0.791. The zero-order valence-electron chi connectivity index (χ0n) is 13.8. The molecule has 2 N–H and O–H groups in total. The highest BCUT2D eigenvalue weighted by molar-refractivity contribution is 7.10. The molecule has 4 rings (SSSR count). The standard InChI is InChI=1S/C18H16ClN3O3S/c19-11-3-1-4-12(9-11)20-15(23)10-22-16(24)18(21-17(22)25)7-2-5-14-13(18)6-8-26-14/h1,3-4,6,8-9H,2,5,7,10H2,(H,20,23)(H,21,25)/t18-/m0/s1. The lowest BCUT2D eigenvalue weighted by Crippen LogP contribution is -2.46. The largest absolute Gasteiger partial charge is 0.325 e. The number of hydrogen-bond donors (Lipinski definition) is 2. The summed E-state index contributed by atoms with van der Waals surface area (Å²) in [5.41, 5.74) is 0.355. The van der Waals surface area contributed by atoms with E-state index >= 15 is 0 Å². The highest BCUT2D eigenvalue weighted by atomic mass is 35.5. The van der Waals surface area contributed by atoms with Crippen LogP contribution < -0.4 is 10.6 Å².